The molecule has 0 atom stereocenters. The van der Waals surface area contributed by atoms with Gasteiger partial charge in [0.2, 0.25) is 0 Å². The number of hydrogen-bond acceptors (Lipinski definition) is 1. The van der Waals surface area contributed by atoms with Crippen LogP contribution in [0.2, 0.25) is 5.02 Å². The minimum absolute atomic E-state index is 0.399. The molecule has 16 heavy (non-hydrogen) atoms. The summed E-state index contributed by atoms with van der Waals surface area (Å²) in [5.41, 5.74) is 2.99. The Morgan fingerprint density at radius 3 is 2.56 bits per heavy atom. The maximum atomic E-state index is 5.97. The van der Waals surface area contributed by atoms with Crippen LogP contribution in [0.15, 0.2) is 18.2 Å². The minimum Gasteiger partial charge on any atom is -0.313 e. The molecule has 0 amide bonds. The van der Waals surface area contributed by atoms with Gasteiger partial charge in [0.1, 0.15) is 0 Å². The lowest BCUT2D eigenvalue weighted by Gasteiger charge is -2.18. The largest absolute Gasteiger partial charge is 0.313 e. The highest BCUT2D eigenvalue weighted by Gasteiger charge is 2.08. The fourth-order valence-electron chi connectivity index (χ4n) is 1.52. The molecule has 0 aliphatic heterocycles. The molecule has 0 aliphatic rings. The average Bonchev–Trinajstić information content (AvgIpc) is 2.16. The first-order valence-corrected chi connectivity index (χ1v) is 6.22. The van der Waals surface area contributed by atoms with Crippen molar-refractivity contribution in [2.75, 3.05) is 6.54 Å². The highest BCUT2D eigenvalue weighted by atomic mass is 35.5. The number of benzene rings is 1. The maximum Gasteiger partial charge on any atom is 0.0409 e. The van der Waals surface area contributed by atoms with Crippen LogP contribution in [0.3, 0.4) is 0 Å². The molecule has 1 nitrogen and oxygen atoms in total. The van der Waals surface area contributed by atoms with E-state index in [1.165, 1.54) is 17.5 Å². The standard InChI is InChI=1S/C14H22ClN/c1-11-5-6-13(15)9-12(11)10-16-8-7-14(2,3)4/h5-6,9,16H,7-8,10H2,1-4H3. The number of aryl methyl sites for hydroxylation is 1. The third-order valence-corrected chi connectivity index (χ3v) is 2.91. The third-order valence-electron chi connectivity index (χ3n) is 2.68. The van der Waals surface area contributed by atoms with Crippen molar-refractivity contribution in [1.29, 1.82) is 0 Å². The summed E-state index contributed by atoms with van der Waals surface area (Å²) in [6.07, 6.45) is 1.19. The Balaban J connectivity index is 2.40. The molecule has 0 bridgehead atoms. The van der Waals surface area contributed by atoms with Crippen LogP contribution in [0.5, 0.6) is 0 Å². The molecule has 90 valence electrons. The highest BCUT2D eigenvalue weighted by molar-refractivity contribution is 6.30. The van der Waals surface area contributed by atoms with Crippen molar-refractivity contribution in [2.45, 2.75) is 40.7 Å². The van der Waals surface area contributed by atoms with Crippen LogP contribution in [0.25, 0.3) is 0 Å². The van der Waals surface area contributed by atoms with Crippen LogP contribution in [0.1, 0.15) is 38.3 Å². The second kappa shape index (κ2) is 5.70. The van der Waals surface area contributed by atoms with Crippen molar-refractivity contribution in [1.82, 2.24) is 5.32 Å². The van der Waals surface area contributed by atoms with Gasteiger partial charge in [-0.25, -0.2) is 0 Å². The summed E-state index contributed by atoms with van der Waals surface area (Å²) in [4.78, 5) is 0. The van der Waals surface area contributed by atoms with Crippen LogP contribution in [-0.4, -0.2) is 6.54 Å². The van der Waals surface area contributed by atoms with E-state index in [0.29, 0.717) is 5.41 Å². The molecule has 0 aliphatic carbocycles. The number of rotatable bonds is 4. The number of hydrogen-bond donors (Lipinski definition) is 1. The van der Waals surface area contributed by atoms with Crippen molar-refractivity contribution in [3.05, 3.63) is 34.3 Å². The van der Waals surface area contributed by atoms with Crippen LogP contribution >= 0.6 is 11.6 Å². The molecule has 1 N–H and O–H groups in total. The summed E-state index contributed by atoms with van der Waals surface area (Å²) in [6.45, 7) is 10.9. The zero-order valence-electron chi connectivity index (χ0n) is 10.7. The van der Waals surface area contributed by atoms with Crippen LogP contribution < -0.4 is 5.32 Å². The molecule has 0 radical (unpaired) electrons. The first-order chi connectivity index (χ1) is 7.38. The van der Waals surface area contributed by atoms with Crippen molar-refractivity contribution >= 4 is 11.6 Å². The van der Waals surface area contributed by atoms with Crippen molar-refractivity contribution in [3.8, 4) is 0 Å². The van der Waals surface area contributed by atoms with E-state index in [4.69, 9.17) is 11.6 Å². The van der Waals surface area contributed by atoms with Gasteiger partial charge in [0, 0.05) is 11.6 Å². The van der Waals surface area contributed by atoms with E-state index in [1.807, 2.05) is 12.1 Å². The lowest BCUT2D eigenvalue weighted by Crippen LogP contribution is -2.20. The number of nitrogens with one attached hydrogen (secondary N) is 1. The molecule has 0 unspecified atom stereocenters. The zero-order valence-corrected chi connectivity index (χ0v) is 11.5. The molecule has 0 aromatic heterocycles. The SMILES string of the molecule is Cc1ccc(Cl)cc1CNCCC(C)(C)C. The predicted molar refractivity (Wildman–Crippen MR) is 72.0 cm³/mol. The van der Waals surface area contributed by atoms with E-state index in [9.17, 15) is 0 Å². The van der Waals surface area contributed by atoms with Gasteiger partial charge < -0.3 is 5.32 Å². The molecule has 1 aromatic carbocycles. The van der Waals surface area contributed by atoms with Gasteiger partial charge >= 0.3 is 0 Å². The summed E-state index contributed by atoms with van der Waals surface area (Å²) in [5, 5.41) is 4.29. The van der Waals surface area contributed by atoms with Gasteiger partial charge in [-0.05, 0) is 48.6 Å². The van der Waals surface area contributed by atoms with E-state index >= 15 is 0 Å². The Bertz CT molecular complexity index is 339. The van der Waals surface area contributed by atoms with Crippen LogP contribution in [-0.2, 0) is 6.54 Å². The van der Waals surface area contributed by atoms with E-state index < -0.39 is 0 Å². The first-order valence-electron chi connectivity index (χ1n) is 5.84. The maximum absolute atomic E-state index is 5.97. The monoisotopic (exact) mass is 239 g/mol. The van der Waals surface area contributed by atoms with Gasteiger partial charge in [-0.1, -0.05) is 38.4 Å². The summed E-state index contributed by atoms with van der Waals surface area (Å²) < 4.78 is 0. The Morgan fingerprint density at radius 1 is 1.25 bits per heavy atom. The van der Waals surface area contributed by atoms with E-state index in [1.54, 1.807) is 0 Å². The van der Waals surface area contributed by atoms with E-state index in [0.717, 1.165) is 18.1 Å². The van der Waals surface area contributed by atoms with Crippen molar-refractivity contribution < 1.29 is 0 Å². The fourth-order valence-corrected chi connectivity index (χ4v) is 1.71. The zero-order chi connectivity index (χ0) is 12.2. The highest BCUT2D eigenvalue weighted by Crippen LogP contribution is 2.18. The Kier molecular flexibility index (Phi) is 4.82. The third kappa shape index (κ3) is 5.00. The Morgan fingerprint density at radius 2 is 1.94 bits per heavy atom. The summed E-state index contributed by atoms with van der Waals surface area (Å²) in [5.74, 6) is 0. The molecule has 0 saturated carbocycles. The molecule has 1 rings (SSSR count). The molecule has 2 heteroatoms. The molecule has 0 heterocycles. The second-order valence-electron chi connectivity index (χ2n) is 5.56. The summed E-state index contributed by atoms with van der Waals surface area (Å²) in [6, 6.07) is 6.06. The van der Waals surface area contributed by atoms with Crippen LogP contribution in [0.4, 0.5) is 0 Å². The Hall–Kier alpha value is -0.530. The fraction of sp³-hybridized carbons (Fsp3) is 0.571. The van der Waals surface area contributed by atoms with Gasteiger partial charge in [0.05, 0.1) is 0 Å². The van der Waals surface area contributed by atoms with Crippen molar-refractivity contribution in [2.24, 2.45) is 5.41 Å². The minimum atomic E-state index is 0.399. The lowest BCUT2D eigenvalue weighted by atomic mass is 9.92. The van der Waals surface area contributed by atoms with Gasteiger partial charge in [-0.2, -0.15) is 0 Å². The predicted octanol–water partition coefficient (Wildman–Crippen LogP) is 4.17. The normalized spacial score (nSPS) is 11.8. The molecule has 0 saturated heterocycles. The van der Waals surface area contributed by atoms with Gasteiger partial charge in [-0.15, -0.1) is 0 Å². The van der Waals surface area contributed by atoms with Gasteiger partial charge in [0.15, 0.2) is 0 Å². The van der Waals surface area contributed by atoms with Crippen molar-refractivity contribution in [3.63, 3.8) is 0 Å². The number of halogens is 1. The van der Waals surface area contributed by atoms with Gasteiger partial charge in [0.25, 0.3) is 0 Å². The molecular weight excluding hydrogens is 218 g/mol. The molecule has 0 spiro atoms. The average molecular weight is 240 g/mol. The smallest absolute Gasteiger partial charge is 0.0409 e. The molecule has 1 aromatic rings. The first kappa shape index (κ1) is 13.5. The van der Waals surface area contributed by atoms with E-state index in [2.05, 4.69) is 39.1 Å². The molecular formula is C14H22ClN. The lowest BCUT2D eigenvalue weighted by molar-refractivity contribution is 0.366. The second-order valence-corrected chi connectivity index (χ2v) is 5.99. The molecule has 0 fully saturated rings. The van der Waals surface area contributed by atoms with Crippen LogP contribution in [0, 0.1) is 12.3 Å². The topological polar surface area (TPSA) is 12.0 Å². The van der Waals surface area contributed by atoms with Gasteiger partial charge in [-0.3, -0.25) is 0 Å². The summed E-state index contributed by atoms with van der Waals surface area (Å²) >= 11 is 5.97. The quantitative estimate of drug-likeness (QED) is 0.778. The summed E-state index contributed by atoms with van der Waals surface area (Å²) in [7, 11) is 0. The Labute approximate surface area is 104 Å². The van der Waals surface area contributed by atoms with E-state index in [-0.39, 0.29) is 0 Å².